The first-order valence-electron chi connectivity index (χ1n) is 8.97. The van der Waals surface area contributed by atoms with Gasteiger partial charge in [0.1, 0.15) is 17.9 Å². The molecule has 4 rings (SSSR count). The molecule has 0 spiro atoms. The van der Waals surface area contributed by atoms with Crippen molar-refractivity contribution in [2.24, 2.45) is 0 Å². The molecular weight excluding hydrogens is 391 g/mol. The zero-order chi connectivity index (χ0) is 20.1. The van der Waals surface area contributed by atoms with Crippen LogP contribution in [0.15, 0.2) is 67.3 Å². The minimum Gasteiger partial charge on any atom is -0.493 e. The molecule has 0 saturated carbocycles. The summed E-state index contributed by atoms with van der Waals surface area (Å²) in [6.07, 6.45) is 4.91. The van der Waals surface area contributed by atoms with Crippen LogP contribution in [-0.2, 0) is 11.3 Å². The highest BCUT2D eigenvalue weighted by atomic mass is 32.1. The second-order valence-corrected chi connectivity index (χ2v) is 7.26. The highest BCUT2D eigenvalue weighted by molar-refractivity contribution is 7.22. The summed E-state index contributed by atoms with van der Waals surface area (Å²) in [5, 5.41) is 0.499. The molecule has 0 unspecified atom stereocenters. The third kappa shape index (κ3) is 4.72. The maximum atomic E-state index is 13.5. The van der Waals surface area contributed by atoms with E-state index in [1.54, 1.807) is 23.4 Å². The maximum absolute atomic E-state index is 13.5. The minimum absolute atomic E-state index is 0.149. The van der Waals surface area contributed by atoms with Crippen LogP contribution in [0.25, 0.3) is 10.2 Å². The highest BCUT2D eigenvalue weighted by Crippen LogP contribution is 2.30. The van der Waals surface area contributed by atoms with Crippen molar-refractivity contribution in [1.82, 2.24) is 15.0 Å². The quantitative estimate of drug-likeness (QED) is 0.458. The Morgan fingerprint density at radius 2 is 1.90 bits per heavy atom. The normalized spacial score (nSPS) is 10.8. The van der Waals surface area contributed by atoms with Gasteiger partial charge in [0.15, 0.2) is 5.13 Å². The van der Waals surface area contributed by atoms with Crippen molar-refractivity contribution in [2.75, 3.05) is 11.5 Å². The van der Waals surface area contributed by atoms with Gasteiger partial charge in [-0.1, -0.05) is 29.5 Å². The van der Waals surface area contributed by atoms with Crippen molar-refractivity contribution < 1.29 is 13.9 Å². The van der Waals surface area contributed by atoms with Crippen LogP contribution >= 0.6 is 11.3 Å². The SMILES string of the molecule is O=C(CCOc1ccccc1)N(Cc1cncnc1)c1nc2cc(F)ccc2s1. The van der Waals surface area contributed by atoms with E-state index < -0.39 is 0 Å². The van der Waals surface area contributed by atoms with E-state index in [1.165, 1.54) is 29.8 Å². The molecule has 2 aromatic heterocycles. The smallest absolute Gasteiger partial charge is 0.232 e. The molecule has 0 saturated heterocycles. The average molecular weight is 408 g/mol. The van der Waals surface area contributed by atoms with E-state index in [1.807, 2.05) is 30.3 Å². The number of carbonyl (C=O) groups excluding carboxylic acids is 1. The lowest BCUT2D eigenvalue weighted by molar-refractivity contribution is -0.119. The number of nitrogens with zero attached hydrogens (tertiary/aromatic N) is 4. The van der Waals surface area contributed by atoms with E-state index in [0.717, 1.165) is 10.3 Å². The Labute approximate surface area is 170 Å². The number of aromatic nitrogens is 3. The van der Waals surface area contributed by atoms with Crippen LogP contribution in [0, 0.1) is 5.82 Å². The fourth-order valence-electron chi connectivity index (χ4n) is 2.77. The van der Waals surface area contributed by atoms with Crippen molar-refractivity contribution in [3.63, 3.8) is 0 Å². The number of ether oxygens (including phenoxy) is 1. The molecule has 29 heavy (non-hydrogen) atoms. The Balaban J connectivity index is 1.54. The molecule has 0 bridgehead atoms. The third-order valence-electron chi connectivity index (χ3n) is 4.15. The fourth-order valence-corrected chi connectivity index (χ4v) is 3.73. The van der Waals surface area contributed by atoms with Crippen LogP contribution in [0.4, 0.5) is 9.52 Å². The average Bonchev–Trinajstić information content (AvgIpc) is 3.16. The Hall–Kier alpha value is -3.39. The van der Waals surface area contributed by atoms with Gasteiger partial charge < -0.3 is 4.74 Å². The predicted molar refractivity (Wildman–Crippen MR) is 109 cm³/mol. The molecule has 1 amide bonds. The summed E-state index contributed by atoms with van der Waals surface area (Å²) >= 11 is 1.34. The molecule has 6 nitrogen and oxygen atoms in total. The molecule has 2 heterocycles. The number of fused-ring (bicyclic) bond motifs is 1. The first-order valence-corrected chi connectivity index (χ1v) is 9.79. The molecule has 0 aliphatic heterocycles. The summed E-state index contributed by atoms with van der Waals surface area (Å²) in [6.45, 7) is 0.511. The standard InChI is InChI=1S/C21H17FN4O2S/c22-16-6-7-19-18(10-16)25-21(29-19)26(13-15-11-23-14-24-12-15)20(27)8-9-28-17-4-2-1-3-5-17/h1-7,10-12,14H,8-9,13H2. The van der Waals surface area contributed by atoms with Crippen LogP contribution in [-0.4, -0.2) is 27.5 Å². The van der Waals surface area contributed by atoms with Crippen LogP contribution in [0.1, 0.15) is 12.0 Å². The Morgan fingerprint density at radius 1 is 1.10 bits per heavy atom. The van der Waals surface area contributed by atoms with Crippen LogP contribution in [0.2, 0.25) is 0 Å². The minimum atomic E-state index is -0.361. The molecular formula is C21H17FN4O2S. The Bertz CT molecular complexity index is 1110. The van der Waals surface area contributed by atoms with Gasteiger partial charge in [-0.25, -0.2) is 19.3 Å². The number of rotatable bonds is 7. The monoisotopic (exact) mass is 408 g/mol. The van der Waals surface area contributed by atoms with Gasteiger partial charge in [0.2, 0.25) is 5.91 Å². The topological polar surface area (TPSA) is 68.2 Å². The molecule has 0 fully saturated rings. The molecule has 0 aliphatic rings. The van der Waals surface area contributed by atoms with Gasteiger partial charge in [0.25, 0.3) is 0 Å². The molecule has 0 N–H and O–H groups in total. The van der Waals surface area contributed by atoms with Gasteiger partial charge in [-0.05, 0) is 24.3 Å². The number of carbonyl (C=O) groups is 1. The number of thiazole rings is 1. The Kier molecular flexibility index (Phi) is 5.71. The summed E-state index contributed by atoms with van der Waals surface area (Å²) in [5.41, 5.74) is 1.29. The van der Waals surface area contributed by atoms with Gasteiger partial charge in [0, 0.05) is 24.0 Å². The second-order valence-electron chi connectivity index (χ2n) is 6.25. The number of amides is 1. The van der Waals surface area contributed by atoms with Gasteiger partial charge in [-0.3, -0.25) is 9.69 Å². The van der Waals surface area contributed by atoms with E-state index in [2.05, 4.69) is 15.0 Å². The van der Waals surface area contributed by atoms with Crippen LogP contribution in [0.5, 0.6) is 5.75 Å². The Morgan fingerprint density at radius 3 is 2.69 bits per heavy atom. The highest BCUT2D eigenvalue weighted by Gasteiger charge is 2.20. The zero-order valence-corrected chi connectivity index (χ0v) is 16.2. The van der Waals surface area contributed by atoms with Crippen molar-refractivity contribution in [2.45, 2.75) is 13.0 Å². The third-order valence-corrected chi connectivity index (χ3v) is 5.21. The number of anilines is 1. The van der Waals surface area contributed by atoms with Crippen molar-refractivity contribution in [3.05, 3.63) is 78.6 Å². The summed E-state index contributed by atoms with van der Waals surface area (Å²) in [4.78, 5) is 27.0. The van der Waals surface area contributed by atoms with E-state index in [-0.39, 0.29) is 31.3 Å². The summed E-state index contributed by atoms with van der Waals surface area (Å²) in [6, 6.07) is 13.7. The maximum Gasteiger partial charge on any atom is 0.232 e. The molecule has 0 radical (unpaired) electrons. The molecule has 4 aromatic rings. The second kappa shape index (κ2) is 8.74. The lowest BCUT2D eigenvalue weighted by Crippen LogP contribution is -2.31. The number of para-hydroxylation sites is 1. The first-order chi connectivity index (χ1) is 14.2. The molecule has 146 valence electrons. The van der Waals surface area contributed by atoms with Crippen LogP contribution in [0.3, 0.4) is 0 Å². The van der Waals surface area contributed by atoms with Crippen LogP contribution < -0.4 is 9.64 Å². The predicted octanol–water partition coefficient (Wildman–Crippen LogP) is 4.23. The number of halogens is 1. The lowest BCUT2D eigenvalue weighted by Gasteiger charge is -2.19. The van der Waals surface area contributed by atoms with E-state index >= 15 is 0 Å². The zero-order valence-electron chi connectivity index (χ0n) is 15.4. The van der Waals surface area contributed by atoms with E-state index in [9.17, 15) is 9.18 Å². The van der Waals surface area contributed by atoms with Gasteiger partial charge in [-0.15, -0.1) is 0 Å². The van der Waals surface area contributed by atoms with Crippen molar-refractivity contribution in [3.8, 4) is 5.75 Å². The van der Waals surface area contributed by atoms with Gasteiger partial charge >= 0.3 is 0 Å². The van der Waals surface area contributed by atoms with E-state index in [4.69, 9.17) is 4.74 Å². The van der Waals surface area contributed by atoms with E-state index in [0.29, 0.717) is 16.4 Å². The molecule has 0 atom stereocenters. The largest absolute Gasteiger partial charge is 0.493 e. The summed E-state index contributed by atoms with van der Waals surface area (Å²) in [5.74, 6) is 0.197. The van der Waals surface area contributed by atoms with Crippen molar-refractivity contribution in [1.29, 1.82) is 0 Å². The van der Waals surface area contributed by atoms with Gasteiger partial charge in [-0.2, -0.15) is 0 Å². The van der Waals surface area contributed by atoms with Crippen molar-refractivity contribution >= 4 is 32.6 Å². The molecule has 2 aromatic carbocycles. The number of hydrogen-bond acceptors (Lipinski definition) is 6. The van der Waals surface area contributed by atoms with Gasteiger partial charge in [0.05, 0.1) is 29.8 Å². The fraction of sp³-hybridized carbons (Fsp3) is 0.143. The number of hydrogen-bond donors (Lipinski definition) is 0. The first kappa shape index (κ1) is 18.9. The molecule has 8 heteroatoms. The summed E-state index contributed by atoms with van der Waals surface area (Å²) < 4.78 is 20.0. The summed E-state index contributed by atoms with van der Waals surface area (Å²) in [7, 11) is 0. The molecule has 0 aliphatic carbocycles. The number of benzene rings is 2. The lowest BCUT2D eigenvalue weighted by atomic mass is 10.3.